The van der Waals surface area contributed by atoms with E-state index in [4.69, 9.17) is 0 Å². The fraction of sp³-hybridized carbons (Fsp3) is 0.200. The first-order valence-electron chi connectivity index (χ1n) is 8.57. The summed E-state index contributed by atoms with van der Waals surface area (Å²) in [7, 11) is 1.74. The van der Waals surface area contributed by atoms with Gasteiger partial charge < -0.3 is 15.0 Å². The maximum atomic E-state index is 12.4. The number of fused-ring (bicyclic) bond motifs is 3. The summed E-state index contributed by atoms with van der Waals surface area (Å²) >= 11 is 0. The largest absolute Gasteiger partial charge is 0.378 e. The Hall–Kier alpha value is -3.12. The number of anilines is 1. The Balaban J connectivity index is 1.69. The van der Waals surface area contributed by atoms with E-state index in [1.54, 1.807) is 17.9 Å². The molecular weight excluding hydrogens is 328 g/mol. The second-order valence-electron chi connectivity index (χ2n) is 6.33. The zero-order valence-electron chi connectivity index (χ0n) is 14.7. The van der Waals surface area contributed by atoms with Gasteiger partial charge in [-0.05, 0) is 31.2 Å². The summed E-state index contributed by atoms with van der Waals surface area (Å²) in [5, 5.41) is 19.2. The summed E-state index contributed by atoms with van der Waals surface area (Å²) in [6.07, 6.45) is 1.86. The molecule has 1 atom stereocenters. The molecule has 0 saturated heterocycles. The topological polar surface area (TPSA) is 72.1 Å². The third-order valence-corrected chi connectivity index (χ3v) is 4.65. The van der Waals surface area contributed by atoms with E-state index in [0.717, 1.165) is 22.8 Å². The average molecular weight is 348 g/mol. The quantitative estimate of drug-likeness (QED) is 0.595. The van der Waals surface area contributed by atoms with Crippen LogP contribution in [0.15, 0.2) is 54.9 Å². The van der Waals surface area contributed by atoms with Gasteiger partial charge in [0, 0.05) is 52.8 Å². The predicted molar refractivity (Wildman–Crippen MR) is 102 cm³/mol. The van der Waals surface area contributed by atoms with Crippen LogP contribution in [0.2, 0.25) is 0 Å². The molecule has 0 aliphatic heterocycles. The summed E-state index contributed by atoms with van der Waals surface area (Å²) in [6.45, 7) is 2.99. The first-order chi connectivity index (χ1) is 12.6. The minimum absolute atomic E-state index is 0.466. The highest BCUT2D eigenvalue weighted by Gasteiger charge is 2.19. The van der Waals surface area contributed by atoms with Crippen molar-refractivity contribution in [2.45, 2.75) is 19.6 Å². The Morgan fingerprint density at radius 2 is 1.96 bits per heavy atom. The molecule has 0 radical (unpaired) electrons. The molecule has 2 aromatic heterocycles. The van der Waals surface area contributed by atoms with Gasteiger partial charge in [-0.1, -0.05) is 18.2 Å². The van der Waals surface area contributed by atoms with Gasteiger partial charge >= 0.3 is 0 Å². The Bertz CT molecular complexity index is 1110. The van der Waals surface area contributed by atoms with Gasteiger partial charge in [-0.3, -0.25) is 9.48 Å². The molecule has 2 N–H and O–H groups in total. The monoisotopic (exact) mass is 348 g/mol. The maximum absolute atomic E-state index is 12.4. The van der Waals surface area contributed by atoms with Crippen LogP contribution in [0, 0.1) is 0 Å². The van der Waals surface area contributed by atoms with Gasteiger partial charge in [0.05, 0.1) is 6.20 Å². The molecule has 6 heteroatoms. The lowest BCUT2D eigenvalue weighted by Crippen LogP contribution is -2.20. The number of amides is 1. The number of benzene rings is 2. The highest BCUT2D eigenvalue weighted by Crippen LogP contribution is 2.31. The fourth-order valence-corrected chi connectivity index (χ4v) is 3.42. The number of hydrogen-bond acceptors (Lipinski definition) is 3. The van der Waals surface area contributed by atoms with Crippen molar-refractivity contribution in [1.82, 2.24) is 14.3 Å². The summed E-state index contributed by atoms with van der Waals surface area (Å²) in [5.74, 6) is -0.475. The number of carbonyl (C=O) groups is 1. The standard InChI is InChI=1S/C20H20N4O2/c1-3-24-17-7-5-4-6-15(17)16-10-14(8-9-18(16)24)22-20(26)19(25)13-11-21-23(2)12-13/h4-12,19,25H,3H2,1-2H3,(H,22,26)/t19-/m1/s1. The van der Waals surface area contributed by atoms with Gasteiger partial charge in [-0.25, -0.2) is 0 Å². The number of aliphatic hydroxyl groups is 1. The van der Waals surface area contributed by atoms with Crippen LogP contribution in [0.4, 0.5) is 5.69 Å². The second-order valence-corrected chi connectivity index (χ2v) is 6.33. The zero-order valence-corrected chi connectivity index (χ0v) is 14.7. The van der Waals surface area contributed by atoms with Gasteiger partial charge in [0.2, 0.25) is 0 Å². The Kier molecular flexibility index (Phi) is 3.97. The Labute approximate surface area is 150 Å². The lowest BCUT2D eigenvalue weighted by Gasteiger charge is -2.10. The van der Waals surface area contributed by atoms with E-state index >= 15 is 0 Å². The van der Waals surface area contributed by atoms with Crippen LogP contribution in [-0.4, -0.2) is 25.4 Å². The number of para-hydroxylation sites is 1. The smallest absolute Gasteiger partial charge is 0.257 e. The number of nitrogens with one attached hydrogen (secondary N) is 1. The first-order valence-corrected chi connectivity index (χ1v) is 8.57. The number of aromatic nitrogens is 3. The molecule has 0 spiro atoms. The van der Waals surface area contributed by atoms with Gasteiger partial charge in [0.15, 0.2) is 6.10 Å². The Morgan fingerprint density at radius 3 is 2.69 bits per heavy atom. The SMILES string of the molecule is CCn1c2ccccc2c2cc(NC(=O)[C@H](O)c3cnn(C)c3)ccc21. The first kappa shape index (κ1) is 16.4. The van der Waals surface area contributed by atoms with E-state index < -0.39 is 12.0 Å². The van der Waals surface area contributed by atoms with Crippen LogP contribution < -0.4 is 5.32 Å². The number of carbonyl (C=O) groups excluding carboxylic acids is 1. The van der Waals surface area contributed by atoms with Crippen LogP contribution in [0.3, 0.4) is 0 Å². The molecule has 1 amide bonds. The van der Waals surface area contributed by atoms with E-state index in [2.05, 4.69) is 34.0 Å². The molecule has 0 fully saturated rings. The molecular formula is C20H20N4O2. The van der Waals surface area contributed by atoms with Crippen LogP contribution in [0.25, 0.3) is 21.8 Å². The molecule has 0 aliphatic rings. The molecule has 6 nitrogen and oxygen atoms in total. The van der Waals surface area contributed by atoms with Gasteiger partial charge in [-0.15, -0.1) is 0 Å². The summed E-state index contributed by atoms with van der Waals surface area (Å²) in [5.41, 5.74) is 3.42. The molecule has 2 heterocycles. The molecule has 0 saturated carbocycles. The summed E-state index contributed by atoms with van der Waals surface area (Å²) in [4.78, 5) is 12.4. The molecule has 2 aromatic carbocycles. The van der Waals surface area contributed by atoms with Crippen molar-refractivity contribution in [2.24, 2.45) is 7.05 Å². The summed E-state index contributed by atoms with van der Waals surface area (Å²) < 4.78 is 3.80. The van der Waals surface area contributed by atoms with Crippen molar-refractivity contribution in [3.63, 3.8) is 0 Å². The lowest BCUT2D eigenvalue weighted by molar-refractivity contribution is -0.124. The number of aryl methyl sites for hydroxylation is 2. The highest BCUT2D eigenvalue weighted by atomic mass is 16.3. The van der Waals surface area contributed by atoms with Crippen molar-refractivity contribution in [2.75, 3.05) is 5.32 Å². The Morgan fingerprint density at radius 1 is 1.19 bits per heavy atom. The fourth-order valence-electron chi connectivity index (χ4n) is 3.42. The van der Waals surface area contributed by atoms with E-state index in [-0.39, 0.29) is 0 Å². The second kappa shape index (κ2) is 6.31. The van der Waals surface area contributed by atoms with Crippen molar-refractivity contribution in [3.8, 4) is 0 Å². The lowest BCUT2D eigenvalue weighted by atomic mass is 10.1. The predicted octanol–water partition coefficient (Wildman–Crippen LogP) is 3.22. The minimum Gasteiger partial charge on any atom is -0.378 e. The number of hydrogen-bond donors (Lipinski definition) is 2. The molecule has 4 rings (SSSR count). The van der Waals surface area contributed by atoms with Crippen LogP contribution >= 0.6 is 0 Å². The molecule has 4 aromatic rings. The van der Waals surface area contributed by atoms with Gasteiger partial charge in [0.1, 0.15) is 0 Å². The third-order valence-electron chi connectivity index (χ3n) is 4.65. The molecule has 26 heavy (non-hydrogen) atoms. The zero-order chi connectivity index (χ0) is 18.3. The van der Waals surface area contributed by atoms with Crippen LogP contribution in [-0.2, 0) is 18.4 Å². The van der Waals surface area contributed by atoms with Crippen molar-refractivity contribution in [1.29, 1.82) is 0 Å². The normalized spacial score (nSPS) is 12.6. The van der Waals surface area contributed by atoms with E-state index in [9.17, 15) is 9.90 Å². The molecule has 0 bridgehead atoms. The number of aliphatic hydroxyl groups excluding tert-OH is 1. The molecule has 0 unspecified atom stereocenters. The maximum Gasteiger partial charge on any atom is 0.257 e. The molecule has 132 valence electrons. The molecule has 0 aliphatic carbocycles. The van der Waals surface area contributed by atoms with E-state index in [1.165, 1.54) is 11.7 Å². The highest BCUT2D eigenvalue weighted by molar-refractivity contribution is 6.10. The summed E-state index contributed by atoms with van der Waals surface area (Å²) in [6, 6.07) is 14.0. The van der Waals surface area contributed by atoms with Gasteiger partial charge in [0.25, 0.3) is 5.91 Å². The number of rotatable bonds is 4. The third kappa shape index (κ3) is 2.64. The number of nitrogens with zero attached hydrogens (tertiary/aromatic N) is 3. The van der Waals surface area contributed by atoms with Crippen molar-refractivity contribution in [3.05, 3.63) is 60.4 Å². The minimum atomic E-state index is -1.25. The van der Waals surface area contributed by atoms with Crippen molar-refractivity contribution >= 4 is 33.4 Å². The van der Waals surface area contributed by atoms with Gasteiger partial charge in [-0.2, -0.15) is 5.10 Å². The van der Waals surface area contributed by atoms with E-state index in [1.807, 2.05) is 30.3 Å². The van der Waals surface area contributed by atoms with Crippen molar-refractivity contribution < 1.29 is 9.90 Å². The average Bonchev–Trinajstić information content (AvgIpc) is 3.22. The van der Waals surface area contributed by atoms with Crippen LogP contribution in [0.1, 0.15) is 18.6 Å². The van der Waals surface area contributed by atoms with E-state index in [0.29, 0.717) is 11.3 Å². The van der Waals surface area contributed by atoms with Crippen LogP contribution in [0.5, 0.6) is 0 Å².